The van der Waals surface area contributed by atoms with Crippen molar-refractivity contribution < 1.29 is 4.79 Å². The smallest absolute Gasteiger partial charge is 0.224 e. The fourth-order valence-electron chi connectivity index (χ4n) is 3.29. The molecule has 1 aliphatic carbocycles. The molecule has 90 valence electrons. The molecule has 2 heteroatoms. The van der Waals surface area contributed by atoms with Gasteiger partial charge in [-0.1, -0.05) is 25.1 Å². The van der Waals surface area contributed by atoms with Crippen LogP contribution >= 0.6 is 0 Å². The van der Waals surface area contributed by atoms with Crippen LogP contribution in [-0.2, 0) is 11.2 Å². The molecule has 1 saturated carbocycles. The van der Waals surface area contributed by atoms with Crippen molar-refractivity contribution in [2.75, 3.05) is 4.90 Å². The summed E-state index contributed by atoms with van der Waals surface area (Å²) in [5.74, 6) is 1.52. The second-order valence-corrected chi connectivity index (χ2v) is 5.53. The Kier molecular flexibility index (Phi) is 2.46. The highest BCUT2D eigenvalue weighted by atomic mass is 16.2. The lowest BCUT2D eigenvalue weighted by Gasteiger charge is -2.41. The Morgan fingerprint density at radius 2 is 2.00 bits per heavy atom. The third-order valence-corrected chi connectivity index (χ3v) is 4.12. The maximum absolute atomic E-state index is 12.0. The lowest BCUT2D eigenvalue weighted by Crippen LogP contribution is -2.48. The predicted octanol–water partition coefficient (Wildman–Crippen LogP) is 3.01. The van der Waals surface area contributed by atoms with Gasteiger partial charge in [-0.2, -0.15) is 0 Å². The van der Waals surface area contributed by atoms with E-state index in [1.807, 2.05) is 6.07 Å². The number of para-hydroxylation sites is 1. The summed E-state index contributed by atoms with van der Waals surface area (Å²) < 4.78 is 0. The molecule has 1 aromatic rings. The third kappa shape index (κ3) is 1.76. The van der Waals surface area contributed by atoms with Gasteiger partial charge in [0.05, 0.1) is 0 Å². The van der Waals surface area contributed by atoms with E-state index in [0.29, 0.717) is 12.0 Å². The predicted molar refractivity (Wildman–Crippen MR) is 69.0 cm³/mol. The molecule has 0 spiro atoms. The van der Waals surface area contributed by atoms with Crippen molar-refractivity contribution >= 4 is 11.6 Å². The number of fused-ring (bicyclic) bond motifs is 1. The highest BCUT2D eigenvalue weighted by molar-refractivity contribution is 5.93. The first kappa shape index (κ1) is 10.8. The van der Waals surface area contributed by atoms with Crippen LogP contribution in [0.5, 0.6) is 0 Å². The van der Waals surface area contributed by atoms with Gasteiger partial charge in [-0.15, -0.1) is 0 Å². The van der Waals surface area contributed by atoms with Gasteiger partial charge in [0.1, 0.15) is 0 Å². The summed E-state index contributed by atoms with van der Waals surface area (Å²) in [5, 5.41) is 0. The number of amides is 1. The number of rotatable bonds is 1. The third-order valence-electron chi connectivity index (χ3n) is 4.12. The van der Waals surface area contributed by atoms with Gasteiger partial charge in [0, 0.05) is 18.7 Å². The van der Waals surface area contributed by atoms with Crippen LogP contribution in [0.2, 0.25) is 0 Å². The molecule has 1 amide bonds. The van der Waals surface area contributed by atoms with Crippen LogP contribution in [0.4, 0.5) is 5.69 Å². The Bertz CT molecular complexity index is 450. The maximum Gasteiger partial charge on any atom is 0.224 e. The summed E-state index contributed by atoms with van der Waals surface area (Å²) in [4.78, 5) is 14.0. The molecule has 0 N–H and O–H groups in total. The Balaban J connectivity index is 2.06. The number of benzene rings is 1. The van der Waals surface area contributed by atoms with E-state index in [4.69, 9.17) is 0 Å². The van der Waals surface area contributed by atoms with Crippen LogP contribution in [0.15, 0.2) is 24.3 Å². The summed E-state index contributed by atoms with van der Waals surface area (Å²) in [6.45, 7) is 3.99. The maximum atomic E-state index is 12.0. The Labute approximate surface area is 103 Å². The Hall–Kier alpha value is -1.31. The zero-order valence-corrected chi connectivity index (χ0v) is 10.5. The summed E-state index contributed by atoms with van der Waals surface area (Å²) in [6.07, 6.45) is 3.70. The zero-order chi connectivity index (χ0) is 12.0. The first-order valence-corrected chi connectivity index (χ1v) is 6.56. The lowest BCUT2D eigenvalue weighted by molar-refractivity contribution is -0.117. The van der Waals surface area contributed by atoms with Crippen LogP contribution in [0.3, 0.4) is 0 Å². The van der Waals surface area contributed by atoms with Gasteiger partial charge in [0.15, 0.2) is 0 Å². The monoisotopic (exact) mass is 229 g/mol. The van der Waals surface area contributed by atoms with Gasteiger partial charge in [-0.3, -0.25) is 4.79 Å². The molecule has 0 aromatic heterocycles. The average Bonchev–Trinajstić information content (AvgIpc) is 3.10. The van der Waals surface area contributed by atoms with E-state index in [1.165, 1.54) is 18.4 Å². The number of nitrogens with zero attached hydrogens (tertiary/aromatic N) is 1. The number of carbonyl (C=O) groups is 1. The molecule has 1 aromatic carbocycles. The highest BCUT2D eigenvalue weighted by Gasteiger charge is 2.43. The zero-order valence-electron chi connectivity index (χ0n) is 10.5. The normalized spacial score (nSPS) is 27.8. The first-order valence-electron chi connectivity index (χ1n) is 6.56. The number of anilines is 1. The molecule has 3 rings (SSSR count). The van der Waals surface area contributed by atoms with Crippen molar-refractivity contribution in [2.24, 2.45) is 11.8 Å². The van der Waals surface area contributed by atoms with E-state index < -0.39 is 0 Å². The minimum Gasteiger partial charge on any atom is -0.309 e. The number of carbonyl (C=O) groups excluding carboxylic acids is 1. The molecular weight excluding hydrogens is 210 g/mol. The molecule has 1 heterocycles. The number of hydrogen-bond acceptors (Lipinski definition) is 1. The van der Waals surface area contributed by atoms with Gasteiger partial charge in [0.2, 0.25) is 5.91 Å². The molecule has 2 aliphatic rings. The van der Waals surface area contributed by atoms with Crippen LogP contribution in [0.25, 0.3) is 0 Å². The van der Waals surface area contributed by atoms with E-state index in [0.717, 1.165) is 18.0 Å². The number of hydrogen-bond donors (Lipinski definition) is 0. The van der Waals surface area contributed by atoms with E-state index in [1.54, 1.807) is 6.92 Å². The molecule has 2 atom stereocenters. The van der Waals surface area contributed by atoms with E-state index in [2.05, 4.69) is 30.0 Å². The first-order chi connectivity index (χ1) is 8.18. The van der Waals surface area contributed by atoms with E-state index >= 15 is 0 Å². The molecule has 17 heavy (non-hydrogen) atoms. The van der Waals surface area contributed by atoms with Gasteiger partial charge in [-0.25, -0.2) is 0 Å². The Morgan fingerprint density at radius 3 is 2.65 bits per heavy atom. The van der Waals surface area contributed by atoms with Crippen molar-refractivity contribution in [3.8, 4) is 0 Å². The Morgan fingerprint density at radius 1 is 1.29 bits per heavy atom. The van der Waals surface area contributed by atoms with Gasteiger partial charge in [-0.05, 0) is 42.7 Å². The fraction of sp³-hybridized carbons (Fsp3) is 0.533. The van der Waals surface area contributed by atoms with Crippen LogP contribution in [0, 0.1) is 11.8 Å². The molecule has 0 radical (unpaired) electrons. The largest absolute Gasteiger partial charge is 0.309 e. The summed E-state index contributed by atoms with van der Waals surface area (Å²) in [6, 6.07) is 8.79. The topological polar surface area (TPSA) is 20.3 Å². The lowest BCUT2D eigenvalue weighted by atomic mass is 9.84. The standard InChI is InChI=1S/C15H19NO/c1-10-9-13-5-3-4-6-14(13)16(11(2)17)15(10)12-7-8-12/h3-6,10,12,15H,7-9H2,1-2H3/t10?,15-/m1/s1. The van der Waals surface area contributed by atoms with Crippen LogP contribution in [0.1, 0.15) is 32.3 Å². The van der Waals surface area contributed by atoms with Crippen LogP contribution < -0.4 is 4.90 Å². The molecule has 1 fully saturated rings. The van der Waals surface area contributed by atoms with E-state index in [-0.39, 0.29) is 5.91 Å². The minimum absolute atomic E-state index is 0.195. The quantitative estimate of drug-likeness (QED) is 0.725. The van der Waals surface area contributed by atoms with Crippen molar-refractivity contribution in [1.82, 2.24) is 0 Å². The minimum atomic E-state index is 0.195. The van der Waals surface area contributed by atoms with Crippen molar-refractivity contribution in [3.63, 3.8) is 0 Å². The summed E-state index contributed by atoms with van der Waals surface area (Å²) in [7, 11) is 0. The van der Waals surface area contributed by atoms with Gasteiger partial charge in [0.25, 0.3) is 0 Å². The molecule has 0 saturated heterocycles. The molecule has 1 aliphatic heterocycles. The molecule has 2 nitrogen and oxygen atoms in total. The molecule has 0 bridgehead atoms. The van der Waals surface area contributed by atoms with Gasteiger partial charge >= 0.3 is 0 Å². The van der Waals surface area contributed by atoms with Crippen molar-refractivity contribution in [1.29, 1.82) is 0 Å². The second-order valence-electron chi connectivity index (χ2n) is 5.53. The fourth-order valence-corrected chi connectivity index (χ4v) is 3.29. The summed E-state index contributed by atoms with van der Waals surface area (Å²) >= 11 is 0. The molecular formula is C15H19NO. The van der Waals surface area contributed by atoms with Crippen molar-refractivity contribution in [2.45, 2.75) is 39.2 Å². The SMILES string of the molecule is CC(=O)N1c2ccccc2CC(C)[C@@H]1C1CC1. The highest BCUT2D eigenvalue weighted by Crippen LogP contribution is 2.45. The van der Waals surface area contributed by atoms with Crippen LogP contribution in [-0.4, -0.2) is 11.9 Å². The average molecular weight is 229 g/mol. The summed E-state index contributed by atoms with van der Waals surface area (Å²) in [5.41, 5.74) is 2.47. The van der Waals surface area contributed by atoms with E-state index in [9.17, 15) is 4.79 Å². The second kappa shape index (κ2) is 3.86. The molecule has 1 unspecified atom stereocenters. The van der Waals surface area contributed by atoms with Gasteiger partial charge < -0.3 is 4.90 Å². The van der Waals surface area contributed by atoms with Crippen molar-refractivity contribution in [3.05, 3.63) is 29.8 Å².